The van der Waals surface area contributed by atoms with E-state index in [9.17, 15) is 13.0 Å². The van der Waals surface area contributed by atoms with Crippen LogP contribution in [0.1, 0.15) is 163 Å². The largest absolute Gasteiger partial charge is 0.726 e. The monoisotopic (exact) mass is 566 g/mol. The van der Waals surface area contributed by atoms with Gasteiger partial charge >= 0.3 is 0 Å². The molecule has 0 aliphatic heterocycles. The molecular weight excluding hydrogens is 500 g/mol. The normalized spacial score (nSPS) is 14.1. The van der Waals surface area contributed by atoms with Crippen molar-refractivity contribution in [1.29, 1.82) is 0 Å². The van der Waals surface area contributed by atoms with Crippen LogP contribution in [0.25, 0.3) is 0 Å². The summed E-state index contributed by atoms with van der Waals surface area (Å²) < 4.78 is 31.0. The van der Waals surface area contributed by atoms with Crippen LogP contribution in [0.4, 0.5) is 0 Å². The van der Waals surface area contributed by atoms with Crippen LogP contribution >= 0.6 is 0 Å². The minimum absolute atomic E-state index is 0.681. The topological polar surface area (TPSA) is 66.4 Å². The van der Waals surface area contributed by atoms with Crippen LogP contribution in [0.3, 0.4) is 0 Å². The summed E-state index contributed by atoms with van der Waals surface area (Å²) in [6.07, 6.45) is 29.2. The molecule has 0 aliphatic rings. The van der Waals surface area contributed by atoms with E-state index in [1.54, 1.807) is 0 Å². The molecule has 3 unspecified atom stereocenters. The van der Waals surface area contributed by atoms with Crippen molar-refractivity contribution in [2.75, 3.05) is 24.4 Å². The predicted molar refractivity (Wildman–Crippen MR) is 166 cm³/mol. The average Bonchev–Trinajstić information content (AvgIpc) is 2.86. The molecule has 4 nitrogen and oxygen atoms in total. The van der Waals surface area contributed by atoms with E-state index >= 15 is 0 Å². The summed E-state index contributed by atoms with van der Waals surface area (Å²) in [6, 6.07) is 0. The summed E-state index contributed by atoms with van der Waals surface area (Å²) in [5.41, 5.74) is 0. The van der Waals surface area contributed by atoms with Crippen molar-refractivity contribution in [2.24, 2.45) is 11.8 Å². The quantitative estimate of drug-likeness (QED) is 0.0452. The zero-order valence-corrected chi connectivity index (χ0v) is 27.5. The van der Waals surface area contributed by atoms with Gasteiger partial charge in [-0.25, -0.2) is 8.42 Å². The third kappa shape index (κ3) is 34.2. The predicted octanol–water partition coefficient (Wildman–Crippen LogP) is 9.83. The first-order chi connectivity index (χ1) is 17.7. The van der Waals surface area contributed by atoms with Crippen LogP contribution in [0.2, 0.25) is 0 Å². The number of hydrogen-bond donors (Lipinski definition) is 0. The second-order valence-corrected chi connectivity index (χ2v) is 14.9. The van der Waals surface area contributed by atoms with Gasteiger partial charge in [0.25, 0.3) is 0 Å². The second kappa shape index (κ2) is 29.2. The molecule has 6 heteroatoms. The molecule has 0 amide bonds. The maximum atomic E-state index is 9.22. The molecule has 0 aliphatic carbocycles. The molecule has 37 heavy (non-hydrogen) atoms. The lowest BCUT2D eigenvalue weighted by atomic mass is 10.0. The molecule has 0 rings (SSSR count). The van der Waals surface area contributed by atoms with Crippen molar-refractivity contribution in [3.05, 3.63) is 0 Å². The second-order valence-electron chi connectivity index (χ2n) is 11.3. The van der Waals surface area contributed by atoms with Gasteiger partial charge in [-0.1, -0.05) is 143 Å². The molecule has 0 saturated carbocycles. The van der Waals surface area contributed by atoms with Crippen molar-refractivity contribution in [3.63, 3.8) is 0 Å². The fourth-order valence-electron chi connectivity index (χ4n) is 4.88. The summed E-state index contributed by atoms with van der Waals surface area (Å²) >= 11 is 0. The molecule has 0 saturated heterocycles. The Morgan fingerprint density at radius 1 is 0.595 bits per heavy atom. The van der Waals surface area contributed by atoms with E-state index in [1.807, 2.05) is 0 Å². The molecule has 0 bridgehead atoms. The van der Waals surface area contributed by atoms with Crippen molar-refractivity contribution < 1.29 is 17.2 Å². The standard InChI is InChI=1S/C30H63S.CH4O4S/c1-6-9-11-13-15-16-17-18-20-22-24-26-30(5)28-31(8-3)27-29(4)25-23-21-19-14-12-10-7-2;1-5-6(2,3)4/h29-30H,6-28H2,1-5H3;1H3,(H,2,3,4)/q+1;/p-1. The van der Waals surface area contributed by atoms with E-state index in [1.165, 1.54) is 146 Å². The van der Waals surface area contributed by atoms with Crippen LogP contribution in [-0.2, 0) is 25.5 Å². The fourth-order valence-corrected chi connectivity index (χ4v) is 7.43. The van der Waals surface area contributed by atoms with E-state index < -0.39 is 10.4 Å². The number of unbranched alkanes of at least 4 members (excludes halogenated alkanes) is 16. The zero-order chi connectivity index (χ0) is 28.2. The molecule has 0 aromatic rings. The van der Waals surface area contributed by atoms with Crippen LogP contribution in [0.5, 0.6) is 0 Å². The lowest BCUT2D eigenvalue weighted by Crippen LogP contribution is -2.23. The Balaban J connectivity index is 0. The van der Waals surface area contributed by atoms with Gasteiger partial charge in [-0.2, -0.15) is 0 Å². The molecule has 0 heterocycles. The van der Waals surface area contributed by atoms with E-state index in [0.717, 1.165) is 18.9 Å². The van der Waals surface area contributed by atoms with E-state index in [-0.39, 0.29) is 0 Å². The summed E-state index contributed by atoms with van der Waals surface area (Å²) in [6.45, 7) is 12.1. The van der Waals surface area contributed by atoms with Gasteiger partial charge in [-0.05, 0) is 30.7 Å². The van der Waals surface area contributed by atoms with Gasteiger partial charge in [0.2, 0.25) is 10.4 Å². The van der Waals surface area contributed by atoms with Gasteiger partial charge in [0.05, 0.1) is 7.11 Å². The summed E-state index contributed by atoms with van der Waals surface area (Å²) in [7, 11) is -2.92. The van der Waals surface area contributed by atoms with Gasteiger partial charge < -0.3 is 4.55 Å². The van der Waals surface area contributed by atoms with Crippen LogP contribution < -0.4 is 0 Å². The molecule has 0 N–H and O–H groups in total. The maximum absolute atomic E-state index is 9.22. The Bertz CT molecular complexity index is 539. The summed E-state index contributed by atoms with van der Waals surface area (Å²) in [4.78, 5) is 0. The minimum atomic E-state index is -4.41. The summed E-state index contributed by atoms with van der Waals surface area (Å²) in [5.74, 6) is 6.34. The highest BCUT2D eigenvalue weighted by atomic mass is 32.3. The van der Waals surface area contributed by atoms with Crippen LogP contribution in [0, 0.1) is 11.8 Å². The molecular formula is C31H66O4S2. The van der Waals surface area contributed by atoms with Crippen molar-refractivity contribution in [1.82, 2.24) is 0 Å². The minimum Gasteiger partial charge on any atom is -0.726 e. The molecule has 0 aromatic carbocycles. The van der Waals surface area contributed by atoms with Gasteiger partial charge in [-0.3, -0.25) is 4.18 Å². The van der Waals surface area contributed by atoms with Crippen molar-refractivity contribution in [3.8, 4) is 0 Å². The Morgan fingerprint density at radius 2 is 0.865 bits per heavy atom. The average molecular weight is 567 g/mol. The van der Waals surface area contributed by atoms with Gasteiger partial charge in [0.1, 0.15) is 17.3 Å². The molecule has 0 radical (unpaired) electrons. The van der Waals surface area contributed by atoms with Gasteiger partial charge in [-0.15, -0.1) is 0 Å². The first kappa shape index (κ1) is 39.4. The maximum Gasteiger partial charge on any atom is 0.217 e. The highest BCUT2D eigenvalue weighted by molar-refractivity contribution is 7.96. The molecule has 3 atom stereocenters. The van der Waals surface area contributed by atoms with Crippen LogP contribution in [0.15, 0.2) is 0 Å². The van der Waals surface area contributed by atoms with E-state index in [2.05, 4.69) is 38.8 Å². The van der Waals surface area contributed by atoms with Crippen molar-refractivity contribution >= 4 is 21.3 Å². The summed E-state index contributed by atoms with van der Waals surface area (Å²) in [5, 5.41) is 0. The van der Waals surface area contributed by atoms with E-state index in [4.69, 9.17) is 0 Å². The first-order valence-electron chi connectivity index (χ1n) is 15.8. The van der Waals surface area contributed by atoms with Gasteiger partial charge in [0, 0.05) is 11.8 Å². The third-order valence-electron chi connectivity index (χ3n) is 7.25. The number of rotatable bonds is 26. The highest BCUT2D eigenvalue weighted by Crippen LogP contribution is 2.20. The van der Waals surface area contributed by atoms with Crippen molar-refractivity contribution in [2.45, 2.75) is 163 Å². The lowest BCUT2D eigenvalue weighted by molar-refractivity contribution is 0.314. The van der Waals surface area contributed by atoms with Crippen LogP contribution in [-0.4, -0.2) is 37.3 Å². The molecule has 0 aromatic heterocycles. The first-order valence-corrected chi connectivity index (χ1v) is 18.9. The Morgan fingerprint density at radius 3 is 1.11 bits per heavy atom. The Kier molecular flexibility index (Phi) is 31.1. The van der Waals surface area contributed by atoms with E-state index in [0.29, 0.717) is 10.9 Å². The molecule has 0 fully saturated rings. The Labute approximate surface area is 237 Å². The zero-order valence-electron chi connectivity index (χ0n) is 25.9. The van der Waals surface area contributed by atoms with Gasteiger partial charge in [0.15, 0.2) is 0 Å². The highest BCUT2D eigenvalue weighted by Gasteiger charge is 2.22. The number of hydrogen-bond acceptors (Lipinski definition) is 4. The fraction of sp³-hybridized carbons (Fsp3) is 1.00. The SMILES string of the molecule is CCCCCCCCCCCCCC(C)C[S+](CC)CC(C)CCCCCCCCC.COS(=O)(=O)[O-]. The smallest absolute Gasteiger partial charge is 0.217 e. The third-order valence-corrected chi connectivity index (χ3v) is 10.6. The Hall–Kier alpha value is 0.220. The lowest BCUT2D eigenvalue weighted by Gasteiger charge is -2.16. The molecule has 0 spiro atoms. The molecule has 226 valence electrons.